The number of piperidine rings is 1. The number of aromatic amines is 1. The zero-order valence-corrected chi connectivity index (χ0v) is 15.1. The summed E-state index contributed by atoms with van der Waals surface area (Å²) in [5.41, 5.74) is 4.36. The van der Waals surface area contributed by atoms with Gasteiger partial charge in [0.1, 0.15) is 0 Å². The Morgan fingerprint density at radius 2 is 1.96 bits per heavy atom. The summed E-state index contributed by atoms with van der Waals surface area (Å²) in [7, 11) is 1.67. The summed E-state index contributed by atoms with van der Waals surface area (Å²) in [5, 5.41) is 1.31. The fourth-order valence-corrected chi connectivity index (χ4v) is 3.97. The molecule has 1 amide bonds. The minimum Gasteiger partial charge on any atom is -0.380 e. The maximum atomic E-state index is 12.8. The second kappa shape index (κ2) is 7.34. The highest BCUT2D eigenvalue weighted by Gasteiger charge is 2.26. The first kappa shape index (κ1) is 16.9. The van der Waals surface area contributed by atoms with Crippen LogP contribution in [0.3, 0.4) is 0 Å². The molecular formula is C22H24N2O2. The summed E-state index contributed by atoms with van der Waals surface area (Å²) in [4.78, 5) is 18.2. The summed E-state index contributed by atoms with van der Waals surface area (Å²) in [6.07, 6.45) is 4.15. The maximum Gasteiger partial charge on any atom is 0.253 e. The average Bonchev–Trinajstić information content (AvgIpc) is 3.12. The number of carbonyl (C=O) groups excluding carboxylic acids is 1. The van der Waals surface area contributed by atoms with E-state index in [-0.39, 0.29) is 5.91 Å². The van der Waals surface area contributed by atoms with E-state index in [0.717, 1.165) is 37.1 Å². The van der Waals surface area contributed by atoms with E-state index in [1.165, 1.54) is 16.5 Å². The van der Waals surface area contributed by atoms with Crippen LogP contribution in [0, 0.1) is 0 Å². The van der Waals surface area contributed by atoms with Gasteiger partial charge in [-0.2, -0.15) is 0 Å². The lowest BCUT2D eigenvalue weighted by molar-refractivity contribution is 0.0713. The Kier molecular flexibility index (Phi) is 4.76. The monoisotopic (exact) mass is 348 g/mol. The quantitative estimate of drug-likeness (QED) is 0.762. The fourth-order valence-electron chi connectivity index (χ4n) is 3.97. The van der Waals surface area contributed by atoms with Crippen molar-refractivity contribution in [2.75, 3.05) is 20.2 Å². The molecule has 4 nitrogen and oxygen atoms in total. The second-order valence-corrected chi connectivity index (χ2v) is 6.99. The number of aromatic nitrogens is 1. The minimum atomic E-state index is 0.125. The van der Waals surface area contributed by atoms with Crippen LogP contribution >= 0.6 is 0 Å². The van der Waals surface area contributed by atoms with E-state index in [0.29, 0.717) is 12.5 Å². The molecule has 3 aromatic rings. The largest absolute Gasteiger partial charge is 0.380 e. The van der Waals surface area contributed by atoms with Crippen molar-refractivity contribution in [3.8, 4) is 0 Å². The zero-order valence-electron chi connectivity index (χ0n) is 15.1. The third-order valence-electron chi connectivity index (χ3n) is 5.33. The van der Waals surface area contributed by atoms with E-state index < -0.39 is 0 Å². The molecule has 0 saturated carbocycles. The molecule has 1 aliphatic heterocycles. The summed E-state index contributed by atoms with van der Waals surface area (Å²) >= 11 is 0. The Morgan fingerprint density at radius 3 is 2.77 bits per heavy atom. The first-order valence-corrected chi connectivity index (χ1v) is 9.19. The number of amides is 1. The van der Waals surface area contributed by atoms with Crippen LogP contribution in [-0.4, -0.2) is 36.0 Å². The summed E-state index contributed by atoms with van der Waals surface area (Å²) in [6.45, 7) is 2.14. The SMILES string of the molecule is COCc1cccc(C(=O)N2CCC(c3c[nH]c4ccccc34)CC2)c1. The highest BCUT2D eigenvalue weighted by atomic mass is 16.5. The number of nitrogens with zero attached hydrogens (tertiary/aromatic N) is 1. The van der Waals surface area contributed by atoms with E-state index in [9.17, 15) is 4.79 Å². The van der Waals surface area contributed by atoms with Crippen LogP contribution in [-0.2, 0) is 11.3 Å². The fraction of sp³-hybridized carbons (Fsp3) is 0.318. The number of hydrogen-bond acceptors (Lipinski definition) is 2. The van der Waals surface area contributed by atoms with E-state index in [1.807, 2.05) is 29.2 Å². The van der Waals surface area contributed by atoms with Gasteiger partial charge in [-0.1, -0.05) is 30.3 Å². The summed E-state index contributed by atoms with van der Waals surface area (Å²) in [5.74, 6) is 0.635. The van der Waals surface area contributed by atoms with Crippen LogP contribution < -0.4 is 0 Å². The van der Waals surface area contributed by atoms with Gasteiger partial charge in [-0.25, -0.2) is 0 Å². The zero-order chi connectivity index (χ0) is 17.9. The van der Waals surface area contributed by atoms with Crippen LogP contribution in [0.25, 0.3) is 10.9 Å². The maximum absolute atomic E-state index is 12.8. The van der Waals surface area contributed by atoms with Gasteiger partial charge in [-0.15, -0.1) is 0 Å². The molecule has 0 unspecified atom stereocenters. The molecule has 0 spiro atoms. The molecule has 1 aliphatic rings. The van der Waals surface area contributed by atoms with Gasteiger partial charge in [0.15, 0.2) is 0 Å². The van der Waals surface area contributed by atoms with Gasteiger partial charge in [0.2, 0.25) is 0 Å². The van der Waals surface area contributed by atoms with Gasteiger partial charge in [0.05, 0.1) is 6.61 Å². The van der Waals surface area contributed by atoms with Gasteiger partial charge < -0.3 is 14.6 Å². The topological polar surface area (TPSA) is 45.3 Å². The molecule has 1 N–H and O–H groups in total. The van der Waals surface area contributed by atoms with Crippen LogP contribution in [0.4, 0.5) is 0 Å². The lowest BCUT2D eigenvalue weighted by Gasteiger charge is -2.32. The van der Waals surface area contributed by atoms with Crippen LogP contribution in [0.5, 0.6) is 0 Å². The highest BCUT2D eigenvalue weighted by molar-refractivity contribution is 5.94. The Balaban J connectivity index is 1.45. The van der Waals surface area contributed by atoms with Crippen molar-refractivity contribution in [3.63, 3.8) is 0 Å². The number of rotatable bonds is 4. The third-order valence-corrected chi connectivity index (χ3v) is 5.33. The van der Waals surface area contributed by atoms with Crippen molar-refractivity contribution in [1.29, 1.82) is 0 Å². The van der Waals surface area contributed by atoms with E-state index in [4.69, 9.17) is 4.74 Å². The molecule has 4 rings (SSSR count). The van der Waals surface area contributed by atoms with Gasteiger partial charge in [-0.3, -0.25) is 4.79 Å². The molecule has 0 aliphatic carbocycles. The molecule has 4 heteroatoms. The van der Waals surface area contributed by atoms with Crippen molar-refractivity contribution >= 4 is 16.8 Å². The first-order chi connectivity index (χ1) is 12.8. The third kappa shape index (κ3) is 3.25. The lowest BCUT2D eigenvalue weighted by Crippen LogP contribution is -2.37. The number of hydrogen-bond donors (Lipinski definition) is 1. The number of methoxy groups -OCH3 is 1. The summed E-state index contributed by atoms with van der Waals surface area (Å²) < 4.78 is 5.17. The van der Waals surface area contributed by atoms with Crippen molar-refractivity contribution < 1.29 is 9.53 Å². The van der Waals surface area contributed by atoms with E-state index >= 15 is 0 Å². The summed E-state index contributed by atoms with van der Waals surface area (Å²) in [6, 6.07) is 16.2. The van der Waals surface area contributed by atoms with Crippen LogP contribution in [0.1, 0.15) is 40.2 Å². The molecule has 0 bridgehead atoms. The first-order valence-electron chi connectivity index (χ1n) is 9.19. The molecule has 2 aromatic carbocycles. The predicted octanol–water partition coefficient (Wildman–Crippen LogP) is 4.33. The molecule has 1 aromatic heterocycles. The van der Waals surface area contributed by atoms with E-state index in [2.05, 4.69) is 35.4 Å². The number of benzene rings is 2. The number of ether oxygens (including phenoxy) is 1. The van der Waals surface area contributed by atoms with Crippen molar-refractivity contribution in [2.24, 2.45) is 0 Å². The Hall–Kier alpha value is -2.59. The van der Waals surface area contributed by atoms with E-state index in [1.54, 1.807) is 7.11 Å². The normalized spacial score (nSPS) is 15.5. The number of carbonyl (C=O) groups is 1. The van der Waals surface area contributed by atoms with Crippen LogP contribution in [0.15, 0.2) is 54.7 Å². The van der Waals surface area contributed by atoms with Gasteiger partial charge in [0, 0.05) is 42.9 Å². The molecule has 0 atom stereocenters. The number of likely N-dealkylation sites (tertiary alicyclic amines) is 1. The smallest absolute Gasteiger partial charge is 0.253 e. The Bertz CT molecular complexity index is 907. The number of para-hydroxylation sites is 1. The minimum absolute atomic E-state index is 0.125. The molecule has 26 heavy (non-hydrogen) atoms. The molecular weight excluding hydrogens is 324 g/mol. The Labute approximate surface area is 153 Å². The molecule has 2 heterocycles. The second-order valence-electron chi connectivity index (χ2n) is 6.99. The molecule has 1 saturated heterocycles. The van der Waals surface area contributed by atoms with Crippen molar-refractivity contribution in [3.05, 3.63) is 71.4 Å². The van der Waals surface area contributed by atoms with Gasteiger partial charge in [0.25, 0.3) is 5.91 Å². The highest BCUT2D eigenvalue weighted by Crippen LogP contribution is 2.33. The number of fused-ring (bicyclic) bond motifs is 1. The Morgan fingerprint density at radius 1 is 1.15 bits per heavy atom. The van der Waals surface area contributed by atoms with Gasteiger partial charge in [-0.05, 0) is 48.1 Å². The van der Waals surface area contributed by atoms with Crippen LogP contribution in [0.2, 0.25) is 0 Å². The average molecular weight is 348 g/mol. The predicted molar refractivity (Wildman–Crippen MR) is 103 cm³/mol. The molecule has 134 valence electrons. The van der Waals surface area contributed by atoms with Crippen molar-refractivity contribution in [2.45, 2.75) is 25.4 Å². The molecule has 0 radical (unpaired) electrons. The lowest BCUT2D eigenvalue weighted by atomic mass is 9.89. The number of nitrogens with one attached hydrogen (secondary N) is 1. The standard InChI is InChI=1S/C22H24N2O2/c1-26-15-16-5-4-6-18(13-16)22(25)24-11-9-17(10-12-24)20-14-23-21-8-3-2-7-19(20)21/h2-8,13-14,17,23H,9-12,15H2,1H3. The van der Waals surface area contributed by atoms with Crippen molar-refractivity contribution in [1.82, 2.24) is 9.88 Å². The number of H-pyrrole nitrogens is 1. The molecule has 1 fully saturated rings. The van der Waals surface area contributed by atoms with Gasteiger partial charge >= 0.3 is 0 Å².